The van der Waals surface area contributed by atoms with Gasteiger partial charge in [-0.25, -0.2) is 0 Å². The molecule has 0 amide bonds. The summed E-state index contributed by atoms with van der Waals surface area (Å²) < 4.78 is 6.73. The van der Waals surface area contributed by atoms with Crippen LogP contribution >= 0.6 is 0 Å². The van der Waals surface area contributed by atoms with Gasteiger partial charge in [-0.1, -0.05) is 0 Å². The fourth-order valence-electron chi connectivity index (χ4n) is 3.59. The monoisotopic (exact) mass is 373 g/mol. The SMILES string of the molecule is CCC[CH2][Sn]([CH2]CCC)([CH2]CCC)[C]1=CC(N)CC1. The van der Waals surface area contributed by atoms with Crippen molar-refractivity contribution in [1.29, 1.82) is 0 Å². The molecular weight excluding hydrogens is 337 g/mol. The minimum atomic E-state index is -2.05. The summed E-state index contributed by atoms with van der Waals surface area (Å²) in [7, 11) is 0. The molecule has 0 aliphatic heterocycles. The van der Waals surface area contributed by atoms with Crippen LogP contribution in [0.15, 0.2) is 9.67 Å². The van der Waals surface area contributed by atoms with E-state index in [1.54, 1.807) is 13.3 Å². The molecule has 0 spiro atoms. The van der Waals surface area contributed by atoms with Crippen molar-refractivity contribution in [2.24, 2.45) is 5.73 Å². The molecule has 0 fully saturated rings. The molecule has 1 rings (SSSR count). The molecular formula is C17H35NSn. The van der Waals surface area contributed by atoms with Crippen molar-refractivity contribution in [1.82, 2.24) is 0 Å². The zero-order chi connectivity index (χ0) is 14.1. The zero-order valence-electron chi connectivity index (χ0n) is 13.5. The van der Waals surface area contributed by atoms with Gasteiger partial charge in [-0.05, 0) is 0 Å². The third-order valence-corrected chi connectivity index (χ3v) is 21.2. The average Bonchev–Trinajstić information content (AvgIpc) is 2.85. The molecule has 1 aliphatic rings. The molecule has 0 radical (unpaired) electrons. The number of hydrogen-bond acceptors (Lipinski definition) is 1. The fourth-order valence-corrected chi connectivity index (χ4v) is 20.8. The van der Waals surface area contributed by atoms with E-state index >= 15 is 0 Å². The van der Waals surface area contributed by atoms with Gasteiger partial charge < -0.3 is 0 Å². The standard InChI is InChI=1S/C5H8N.3C4H9.Sn/c6-5-3-1-2-4-5;3*1-3-4-2;/h4-5H,1,3,6H2;3*1,3-4H2,2H3;. The summed E-state index contributed by atoms with van der Waals surface area (Å²) in [5.74, 6) is 0. The second-order valence-electron chi connectivity index (χ2n) is 6.49. The zero-order valence-corrected chi connectivity index (χ0v) is 16.4. The van der Waals surface area contributed by atoms with Crippen LogP contribution < -0.4 is 5.73 Å². The number of rotatable bonds is 10. The summed E-state index contributed by atoms with van der Waals surface area (Å²) in [5, 5.41) is 0. The van der Waals surface area contributed by atoms with Crippen LogP contribution in [0.5, 0.6) is 0 Å². The average molecular weight is 372 g/mol. The molecule has 1 atom stereocenters. The van der Waals surface area contributed by atoms with Crippen molar-refractivity contribution < 1.29 is 0 Å². The van der Waals surface area contributed by atoms with Gasteiger partial charge in [0.05, 0.1) is 0 Å². The molecule has 2 heteroatoms. The van der Waals surface area contributed by atoms with Crippen LogP contribution in [0.3, 0.4) is 0 Å². The number of nitrogens with two attached hydrogens (primary N) is 1. The van der Waals surface area contributed by atoms with Crippen LogP contribution in [0, 0.1) is 0 Å². The Kier molecular flexibility index (Phi) is 8.72. The summed E-state index contributed by atoms with van der Waals surface area (Å²) in [6.07, 6.45) is 13.6. The Morgan fingerprint density at radius 3 is 1.79 bits per heavy atom. The Bertz CT molecular complexity index is 251. The summed E-state index contributed by atoms with van der Waals surface area (Å²) in [5.41, 5.74) is 6.17. The molecule has 0 saturated heterocycles. The summed E-state index contributed by atoms with van der Waals surface area (Å²) >= 11 is -2.05. The number of hydrogen-bond donors (Lipinski definition) is 1. The van der Waals surface area contributed by atoms with Crippen LogP contribution in [0.25, 0.3) is 0 Å². The normalized spacial score (nSPS) is 19.8. The summed E-state index contributed by atoms with van der Waals surface area (Å²) in [4.78, 5) is 0. The Labute approximate surface area is 125 Å². The molecule has 0 aromatic carbocycles. The van der Waals surface area contributed by atoms with E-state index in [2.05, 4.69) is 26.8 Å². The Hall–Kier alpha value is 0.499. The fraction of sp³-hybridized carbons (Fsp3) is 0.882. The molecule has 0 aromatic heterocycles. The Morgan fingerprint density at radius 1 is 1.00 bits per heavy atom. The van der Waals surface area contributed by atoms with Gasteiger partial charge in [-0.15, -0.1) is 0 Å². The van der Waals surface area contributed by atoms with Gasteiger partial charge in [0.1, 0.15) is 0 Å². The Morgan fingerprint density at radius 2 is 1.47 bits per heavy atom. The first-order valence-electron chi connectivity index (χ1n) is 8.65. The van der Waals surface area contributed by atoms with Gasteiger partial charge in [0.15, 0.2) is 0 Å². The van der Waals surface area contributed by atoms with Gasteiger partial charge in [0.2, 0.25) is 0 Å². The van der Waals surface area contributed by atoms with Crippen molar-refractivity contribution in [3.8, 4) is 0 Å². The quantitative estimate of drug-likeness (QED) is 0.509. The van der Waals surface area contributed by atoms with Gasteiger partial charge >= 0.3 is 125 Å². The van der Waals surface area contributed by atoms with Crippen molar-refractivity contribution in [3.63, 3.8) is 0 Å². The van der Waals surface area contributed by atoms with Gasteiger partial charge in [0, 0.05) is 0 Å². The molecule has 19 heavy (non-hydrogen) atoms. The maximum absolute atomic E-state index is 6.17. The summed E-state index contributed by atoms with van der Waals surface area (Å²) in [6, 6.07) is 0.385. The van der Waals surface area contributed by atoms with Crippen LogP contribution in [-0.4, -0.2) is 24.4 Å². The van der Waals surface area contributed by atoms with Crippen LogP contribution in [0.4, 0.5) is 0 Å². The maximum atomic E-state index is 6.17. The van der Waals surface area contributed by atoms with Gasteiger partial charge in [-0.3, -0.25) is 0 Å². The van der Waals surface area contributed by atoms with E-state index < -0.39 is 18.4 Å². The molecule has 2 N–H and O–H groups in total. The number of unbranched alkanes of at least 4 members (excludes halogenated alkanes) is 3. The van der Waals surface area contributed by atoms with Crippen LogP contribution in [-0.2, 0) is 0 Å². The van der Waals surface area contributed by atoms with Crippen molar-refractivity contribution in [2.75, 3.05) is 0 Å². The van der Waals surface area contributed by atoms with E-state index in [-0.39, 0.29) is 0 Å². The van der Waals surface area contributed by atoms with E-state index in [4.69, 9.17) is 5.73 Å². The summed E-state index contributed by atoms with van der Waals surface area (Å²) in [6.45, 7) is 7.06. The molecule has 0 heterocycles. The predicted octanol–water partition coefficient (Wildman–Crippen LogP) is 5.42. The molecule has 0 saturated carbocycles. The van der Waals surface area contributed by atoms with Crippen LogP contribution in [0.2, 0.25) is 13.3 Å². The number of allylic oxidation sites excluding steroid dienone is 1. The molecule has 1 aliphatic carbocycles. The first-order chi connectivity index (χ1) is 9.18. The molecule has 1 unspecified atom stereocenters. The van der Waals surface area contributed by atoms with Crippen molar-refractivity contribution in [2.45, 2.75) is 91.5 Å². The first kappa shape index (κ1) is 17.5. The molecule has 0 bridgehead atoms. The van der Waals surface area contributed by atoms with Crippen molar-refractivity contribution >= 4 is 18.4 Å². The van der Waals surface area contributed by atoms with E-state index in [1.807, 2.05) is 3.59 Å². The van der Waals surface area contributed by atoms with E-state index in [9.17, 15) is 0 Å². The first-order valence-corrected chi connectivity index (χ1v) is 16.1. The third kappa shape index (κ3) is 5.41. The topological polar surface area (TPSA) is 26.0 Å². The van der Waals surface area contributed by atoms with Gasteiger partial charge in [-0.2, -0.15) is 0 Å². The Balaban J connectivity index is 2.84. The van der Waals surface area contributed by atoms with E-state index in [0.29, 0.717) is 6.04 Å². The predicted molar refractivity (Wildman–Crippen MR) is 90.2 cm³/mol. The van der Waals surface area contributed by atoms with Crippen LogP contribution in [0.1, 0.15) is 72.1 Å². The minimum absolute atomic E-state index is 0.385. The van der Waals surface area contributed by atoms with E-state index in [1.165, 1.54) is 51.4 Å². The second kappa shape index (κ2) is 9.44. The van der Waals surface area contributed by atoms with E-state index in [0.717, 1.165) is 0 Å². The molecule has 1 nitrogen and oxygen atoms in total. The third-order valence-electron chi connectivity index (χ3n) is 4.87. The molecule has 0 aromatic rings. The molecule has 112 valence electrons. The van der Waals surface area contributed by atoms with Crippen molar-refractivity contribution in [3.05, 3.63) is 9.67 Å². The second-order valence-corrected chi connectivity index (χ2v) is 19.9. The van der Waals surface area contributed by atoms with Gasteiger partial charge in [0.25, 0.3) is 0 Å².